The van der Waals surface area contributed by atoms with Gasteiger partial charge in [-0.25, -0.2) is 4.99 Å². The van der Waals surface area contributed by atoms with Crippen LogP contribution >= 0.6 is 23.2 Å². The molecule has 86 valence electrons. The molecule has 1 atom stereocenters. The lowest BCUT2D eigenvalue weighted by Gasteiger charge is -2.21. The minimum atomic E-state index is 0.194. The maximum Gasteiger partial charge on any atom is 0.169 e. The van der Waals surface area contributed by atoms with E-state index in [0.29, 0.717) is 16.7 Å². The van der Waals surface area contributed by atoms with Crippen molar-refractivity contribution in [2.75, 3.05) is 25.1 Å². The summed E-state index contributed by atoms with van der Waals surface area (Å²) in [5, 5.41) is 1.14. The summed E-state index contributed by atoms with van der Waals surface area (Å²) in [5.74, 6) is 0. The minimum Gasteiger partial charge on any atom is -0.481 e. The van der Waals surface area contributed by atoms with E-state index in [4.69, 9.17) is 27.9 Å². The molecule has 5 heteroatoms. The lowest BCUT2D eigenvalue weighted by Crippen LogP contribution is -2.28. The molecule has 1 aromatic carbocycles. The third kappa shape index (κ3) is 2.60. The van der Waals surface area contributed by atoms with Crippen LogP contribution in [0.4, 0.5) is 5.69 Å². The number of hydrogen-bond acceptors (Lipinski definition) is 3. The fourth-order valence-electron chi connectivity index (χ4n) is 1.57. The van der Waals surface area contributed by atoms with Gasteiger partial charge in [0.1, 0.15) is 12.6 Å². The Bertz CT molecular complexity index is 409. The van der Waals surface area contributed by atoms with Crippen molar-refractivity contribution in [1.29, 1.82) is 0 Å². The Morgan fingerprint density at radius 1 is 1.44 bits per heavy atom. The molecule has 0 fully saturated rings. The molecule has 0 bridgehead atoms. The zero-order chi connectivity index (χ0) is 11.5. The average Bonchev–Trinajstić information content (AvgIpc) is 2.74. The molecule has 0 radical (unpaired) electrons. The summed E-state index contributed by atoms with van der Waals surface area (Å²) in [6.45, 7) is 1.44. The molecule has 2 rings (SSSR count). The van der Waals surface area contributed by atoms with Gasteiger partial charge in [0, 0.05) is 19.3 Å². The van der Waals surface area contributed by atoms with Gasteiger partial charge < -0.3 is 9.64 Å². The van der Waals surface area contributed by atoms with Crippen LogP contribution in [-0.4, -0.2) is 32.6 Å². The van der Waals surface area contributed by atoms with Gasteiger partial charge in [-0.05, 0) is 18.2 Å². The van der Waals surface area contributed by atoms with Gasteiger partial charge in [0.2, 0.25) is 0 Å². The van der Waals surface area contributed by atoms with Gasteiger partial charge in [-0.2, -0.15) is 0 Å². The molecule has 1 heterocycles. The Hall–Kier alpha value is -0.930. The molecule has 0 N–H and O–H groups in total. The predicted octanol–water partition coefficient (Wildman–Crippen LogP) is 2.86. The first-order chi connectivity index (χ1) is 7.66. The number of ether oxygens (including phenoxy) is 1. The molecule has 0 spiro atoms. The van der Waals surface area contributed by atoms with Crippen molar-refractivity contribution >= 4 is 35.3 Å². The third-order valence-corrected chi connectivity index (χ3v) is 3.20. The van der Waals surface area contributed by atoms with Crippen molar-refractivity contribution in [3.63, 3.8) is 0 Å². The van der Waals surface area contributed by atoms with Crippen LogP contribution in [0.15, 0.2) is 23.2 Å². The van der Waals surface area contributed by atoms with Gasteiger partial charge >= 0.3 is 0 Å². The maximum absolute atomic E-state index is 5.96. The highest BCUT2D eigenvalue weighted by atomic mass is 35.5. The zero-order valence-corrected chi connectivity index (χ0v) is 10.4. The first-order valence-electron chi connectivity index (χ1n) is 4.96. The predicted molar refractivity (Wildman–Crippen MR) is 68.0 cm³/mol. The molecule has 1 aromatic rings. The zero-order valence-electron chi connectivity index (χ0n) is 8.86. The smallest absolute Gasteiger partial charge is 0.169 e. The Labute approximate surface area is 105 Å². The summed E-state index contributed by atoms with van der Waals surface area (Å²) < 4.78 is 5.07. The topological polar surface area (TPSA) is 24.8 Å². The summed E-state index contributed by atoms with van der Waals surface area (Å²) in [7, 11) is 1.99. The lowest BCUT2D eigenvalue weighted by atomic mass is 10.2. The summed E-state index contributed by atoms with van der Waals surface area (Å²) in [6.07, 6.45) is 1.51. The van der Waals surface area contributed by atoms with Crippen molar-refractivity contribution < 1.29 is 4.74 Å². The maximum atomic E-state index is 5.96. The molecular formula is C11H12Cl2N2O. The van der Waals surface area contributed by atoms with E-state index in [1.165, 1.54) is 6.40 Å². The average molecular weight is 259 g/mol. The van der Waals surface area contributed by atoms with Crippen LogP contribution in [0, 0.1) is 0 Å². The van der Waals surface area contributed by atoms with Crippen molar-refractivity contribution in [2.24, 2.45) is 4.99 Å². The quantitative estimate of drug-likeness (QED) is 0.833. The monoisotopic (exact) mass is 258 g/mol. The summed E-state index contributed by atoms with van der Waals surface area (Å²) in [5.41, 5.74) is 1.02. The number of benzene rings is 1. The summed E-state index contributed by atoms with van der Waals surface area (Å²) >= 11 is 11.8. The first kappa shape index (κ1) is 11.6. The van der Waals surface area contributed by atoms with E-state index in [0.717, 1.165) is 12.2 Å². The van der Waals surface area contributed by atoms with Gasteiger partial charge in [0.25, 0.3) is 0 Å². The van der Waals surface area contributed by atoms with Gasteiger partial charge in [-0.1, -0.05) is 23.2 Å². The van der Waals surface area contributed by atoms with E-state index in [-0.39, 0.29) is 6.04 Å². The molecular weight excluding hydrogens is 247 g/mol. The highest BCUT2D eigenvalue weighted by Crippen LogP contribution is 2.26. The molecule has 0 saturated carbocycles. The van der Waals surface area contributed by atoms with E-state index in [1.54, 1.807) is 6.07 Å². The molecule has 1 unspecified atom stereocenters. The second kappa shape index (κ2) is 4.93. The number of nitrogens with zero attached hydrogens (tertiary/aromatic N) is 2. The van der Waals surface area contributed by atoms with Crippen molar-refractivity contribution in [1.82, 2.24) is 0 Å². The van der Waals surface area contributed by atoms with Crippen LogP contribution in [0.2, 0.25) is 10.0 Å². The van der Waals surface area contributed by atoms with Crippen LogP contribution in [0.3, 0.4) is 0 Å². The molecule has 0 amide bonds. The number of likely N-dealkylation sites (N-methyl/N-ethyl adjacent to an activating group) is 1. The Morgan fingerprint density at radius 3 is 2.88 bits per heavy atom. The second-order valence-corrected chi connectivity index (χ2v) is 4.53. The molecule has 0 aromatic heterocycles. The first-order valence-corrected chi connectivity index (χ1v) is 5.72. The molecule has 0 saturated heterocycles. The van der Waals surface area contributed by atoms with E-state index >= 15 is 0 Å². The van der Waals surface area contributed by atoms with Crippen LogP contribution in [-0.2, 0) is 4.74 Å². The summed E-state index contributed by atoms with van der Waals surface area (Å²) in [4.78, 5) is 6.28. The van der Waals surface area contributed by atoms with Crippen LogP contribution in [0.5, 0.6) is 0 Å². The molecule has 0 aliphatic carbocycles. The third-order valence-electron chi connectivity index (χ3n) is 2.46. The Morgan fingerprint density at radius 2 is 2.25 bits per heavy atom. The highest BCUT2D eigenvalue weighted by Gasteiger charge is 2.15. The highest BCUT2D eigenvalue weighted by molar-refractivity contribution is 6.42. The summed E-state index contributed by atoms with van der Waals surface area (Å²) in [6, 6.07) is 5.78. The molecule has 1 aliphatic heterocycles. The van der Waals surface area contributed by atoms with Crippen molar-refractivity contribution in [2.45, 2.75) is 6.04 Å². The van der Waals surface area contributed by atoms with Crippen LogP contribution in [0.25, 0.3) is 0 Å². The SMILES string of the molecule is CN(CC1COC=N1)c1ccc(Cl)c(Cl)c1. The van der Waals surface area contributed by atoms with Crippen LogP contribution < -0.4 is 4.90 Å². The fraction of sp³-hybridized carbons (Fsp3) is 0.364. The number of rotatable bonds is 3. The number of halogens is 2. The number of anilines is 1. The van der Waals surface area contributed by atoms with E-state index in [1.807, 2.05) is 19.2 Å². The fourth-order valence-corrected chi connectivity index (χ4v) is 1.86. The number of aliphatic imine (C=N–C) groups is 1. The molecule has 16 heavy (non-hydrogen) atoms. The van der Waals surface area contributed by atoms with E-state index in [9.17, 15) is 0 Å². The van der Waals surface area contributed by atoms with Crippen LogP contribution in [0.1, 0.15) is 0 Å². The number of hydrogen-bond donors (Lipinski definition) is 0. The Balaban J connectivity index is 2.05. The minimum absolute atomic E-state index is 0.194. The molecule has 1 aliphatic rings. The second-order valence-electron chi connectivity index (χ2n) is 3.72. The normalized spacial score (nSPS) is 18.6. The van der Waals surface area contributed by atoms with Gasteiger partial charge in [0.05, 0.1) is 10.0 Å². The van der Waals surface area contributed by atoms with Crippen molar-refractivity contribution in [3.05, 3.63) is 28.2 Å². The molecule has 3 nitrogen and oxygen atoms in total. The largest absolute Gasteiger partial charge is 0.481 e. The van der Waals surface area contributed by atoms with Gasteiger partial charge in [0.15, 0.2) is 6.40 Å². The van der Waals surface area contributed by atoms with E-state index in [2.05, 4.69) is 9.89 Å². The van der Waals surface area contributed by atoms with Gasteiger partial charge in [-0.3, -0.25) is 0 Å². The lowest BCUT2D eigenvalue weighted by molar-refractivity contribution is 0.329. The van der Waals surface area contributed by atoms with E-state index < -0.39 is 0 Å². The van der Waals surface area contributed by atoms with Gasteiger partial charge in [-0.15, -0.1) is 0 Å². The standard InChI is InChI=1S/C11H12Cl2N2O/c1-15(5-8-6-16-7-14-8)9-2-3-10(12)11(13)4-9/h2-4,7-8H,5-6H2,1H3. The van der Waals surface area contributed by atoms with Crippen molar-refractivity contribution in [3.8, 4) is 0 Å². The Kier molecular flexibility index (Phi) is 3.56.